The number of rotatable bonds is 4. The normalized spacial score (nSPS) is 11.3. The molecule has 0 aliphatic carbocycles. The zero-order chi connectivity index (χ0) is 10.4. The van der Waals surface area contributed by atoms with Gasteiger partial charge in [-0.1, -0.05) is 30.3 Å². The number of hydrogen-bond donors (Lipinski definition) is 2. The molecule has 1 unspecified atom stereocenters. The van der Waals surface area contributed by atoms with Gasteiger partial charge in [0, 0.05) is 0 Å². The van der Waals surface area contributed by atoms with Gasteiger partial charge in [-0.25, -0.2) is 5.48 Å². The number of hydrogen-bond acceptors (Lipinski definition) is 3. The highest BCUT2D eigenvalue weighted by molar-refractivity contribution is 5.85. The molecule has 1 rings (SSSR count). The van der Waals surface area contributed by atoms with Crippen LogP contribution in [0.4, 0.5) is 0 Å². The lowest BCUT2D eigenvalue weighted by molar-refractivity contribution is -0.135. The number of benzene rings is 1. The highest BCUT2D eigenvalue weighted by atomic mass is 35.5. The molecule has 1 amide bonds. The number of halogens is 1. The summed E-state index contributed by atoms with van der Waals surface area (Å²) in [6.45, 7) is 1.94. The summed E-state index contributed by atoms with van der Waals surface area (Å²) in [5.41, 5.74) is 8.59. The Kier molecular flexibility index (Phi) is 6.70. The molecule has 0 saturated heterocycles. The molecular formula is C10H15ClN2O2. The van der Waals surface area contributed by atoms with E-state index in [2.05, 4.69) is 5.48 Å². The molecule has 1 atom stereocenters. The molecule has 0 fully saturated rings. The smallest absolute Gasteiger partial charge is 0.260 e. The first kappa shape index (κ1) is 13.9. The van der Waals surface area contributed by atoms with Gasteiger partial charge in [-0.05, 0) is 12.5 Å². The third-order valence-corrected chi connectivity index (χ3v) is 1.67. The number of amides is 1. The summed E-state index contributed by atoms with van der Waals surface area (Å²) in [5.74, 6) is -0.319. The number of nitrogens with two attached hydrogens (primary N) is 1. The Hall–Kier alpha value is -1.10. The number of nitrogens with one attached hydrogen (secondary N) is 1. The van der Waals surface area contributed by atoms with Crippen molar-refractivity contribution < 1.29 is 9.63 Å². The molecule has 0 spiro atoms. The van der Waals surface area contributed by atoms with Crippen LogP contribution >= 0.6 is 12.4 Å². The molecule has 4 nitrogen and oxygen atoms in total. The van der Waals surface area contributed by atoms with Crippen LogP contribution in [0, 0.1) is 0 Å². The van der Waals surface area contributed by atoms with Crippen molar-refractivity contribution in [3.8, 4) is 0 Å². The molecule has 84 valence electrons. The molecule has 1 aromatic carbocycles. The molecule has 0 heterocycles. The summed E-state index contributed by atoms with van der Waals surface area (Å²) >= 11 is 0. The van der Waals surface area contributed by atoms with Gasteiger partial charge in [0.15, 0.2) is 0 Å². The summed E-state index contributed by atoms with van der Waals surface area (Å²) in [6, 6.07) is 9.02. The van der Waals surface area contributed by atoms with E-state index in [9.17, 15) is 4.79 Å². The van der Waals surface area contributed by atoms with Crippen molar-refractivity contribution >= 4 is 18.3 Å². The number of carbonyl (C=O) groups is 1. The SMILES string of the molecule is CC(N)C(=O)NOCc1ccccc1.Cl. The van der Waals surface area contributed by atoms with Gasteiger partial charge in [-0.15, -0.1) is 12.4 Å². The van der Waals surface area contributed by atoms with Gasteiger partial charge in [0.1, 0.15) is 0 Å². The van der Waals surface area contributed by atoms with E-state index in [0.717, 1.165) is 5.56 Å². The van der Waals surface area contributed by atoms with E-state index in [1.807, 2.05) is 30.3 Å². The summed E-state index contributed by atoms with van der Waals surface area (Å²) in [5, 5.41) is 0. The standard InChI is InChI=1S/C10H14N2O2.ClH/c1-8(11)10(13)12-14-7-9-5-3-2-4-6-9;/h2-6,8H,7,11H2,1H3,(H,12,13);1H. The average Bonchev–Trinajstić information content (AvgIpc) is 2.19. The fourth-order valence-corrected chi connectivity index (χ4v) is 0.858. The van der Waals surface area contributed by atoms with Gasteiger partial charge in [0.25, 0.3) is 5.91 Å². The minimum Gasteiger partial charge on any atom is -0.320 e. The second-order valence-electron chi connectivity index (χ2n) is 3.03. The molecule has 0 aliphatic rings. The lowest BCUT2D eigenvalue weighted by atomic mass is 10.2. The van der Waals surface area contributed by atoms with E-state index in [0.29, 0.717) is 6.61 Å². The van der Waals surface area contributed by atoms with Crippen molar-refractivity contribution in [1.29, 1.82) is 0 Å². The van der Waals surface area contributed by atoms with E-state index < -0.39 is 6.04 Å². The topological polar surface area (TPSA) is 64.4 Å². The molecule has 0 bridgehead atoms. The molecular weight excluding hydrogens is 216 g/mol. The molecule has 0 radical (unpaired) electrons. The van der Waals surface area contributed by atoms with Crippen LogP contribution in [-0.2, 0) is 16.2 Å². The van der Waals surface area contributed by atoms with Crippen LogP contribution in [0.3, 0.4) is 0 Å². The quantitative estimate of drug-likeness (QED) is 0.759. The first-order valence-electron chi connectivity index (χ1n) is 4.41. The van der Waals surface area contributed by atoms with Crippen LogP contribution in [0.1, 0.15) is 12.5 Å². The maximum absolute atomic E-state index is 11.0. The van der Waals surface area contributed by atoms with E-state index in [-0.39, 0.29) is 18.3 Å². The third kappa shape index (κ3) is 5.37. The summed E-state index contributed by atoms with van der Waals surface area (Å²) < 4.78 is 0. The van der Waals surface area contributed by atoms with Crippen LogP contribution in [0.15, 0.2) is 30.3 Å². The second kappa shape index (κ2) is 7.23. The molecule has 0 aromatic heterocycles. The summed E-state index contributed by atoms with van der Waals surface area (Å²) in [4.78, 5) is 15.9. The Morgan fingerprint density at radius 3 is 2.60 bits per heavy atom. The van der Waals surface area contributed by atoms with Gasteiger partial charge in [0.05, 0.1) is 12.6 Å². The van der Waals surface area contributed by atoms with Crippen LogP contribution in [0.2, 0.25) is 0 Å². The first-order chi connectivity index (χ1) is 6.70. The zero-order valence-corrected chi connectivity index (χ0v) is 9.29. The first-order valence-corrected chi connectivity index (χ1v) is 4.41. The van der Waals surface area contributed by atoms with Gasteiger partial charge in [-0.3, -0.25) is 9.63 Å². The van der Waals surface area contributed by atoms with E-state index in [4.69, 9.17) is 10.6 Å². The van der Waals surface area contributed by atoms with Crippen LogP contribution in [0.25, 0.3) is 0 Å². The molecule has 15 heavy (non-hydrogen) atoms. The number of carbonyl (C=O) groups excluding carboxylic acids is 1. The lowest BCUT2D eigenvalue weighted by Crippen LogP contribution is -2.38. The third-order valence-electron chi connectivity index (χ3n) is 1.67. The van der Waals surface area contributed by atoms with Gasteiger partial charge < -0.3 is 5.73 Å². The van der Waals surface area contributed by atoms with Crippen molar-refractivity contribution in [3.63, 3.8) is 0 Å². The van der Waals surface area contributed by atoms with Crippen LogP contribution in [-0.4, -0.2) is 11.9 Å². The van der Waals surface area contributed by atoms with E-state index >= 15 is 0 Å². The van der Waals surface area contributed by atoms with Gasteiger partial charge in [-0.2, -0.15) is 0 Å². The van der Waals surface area contributed by atoms with Crippen LogP contribution in [0.5, 0.6) is 0 Å². The minimum atomic E-state index is -0.550. The Labute approximate surface area is 95.2 Å². The Bertz CT molecular complexity index is 291. The zero-order valence-electron chi connectivity index (χ0n) is 8.47. The molecule has 5 heteroatoms. The van der Waals surface area contributed by atoms with E-state index in [1.165, 1.54) is 0 Å². The second-order valence-corrected chi connectivity index (χ2v) is 3.03. The molecule has 1 aromatic rings. The van der Waals surface area contributed by atoms with Crippen LogP contribution < -0.4 is 11.2 Å². The van der Waals surface area contributed by atoms with Crippen molar-refractivity contribution in [2.75, 3.05) is 0 Å². The molecule has 0 aliphatic heterocycles. The maximum atomic E-state index is 11.0. The molecule has 3 N–H and O–H groups in total. The van der Waals surface area contributed by atoms with Crippen molar-refractivity contribution in [2.24, 2.45) is 5.73 Å². The molecule has 0 saturated carbocycles. The predicted molar refractivity (Wildman–Crippen MR) is 60.3 cm³/mol. The highest BCUT2D eigenvalue weighted by Crippen LogP contribution is 1.98. The average molecular weight is 231 g/mol. The fourth-order valence-electron chi connectivity index (χ4n) is 0.858. The van der Waals surface area contributed by atoms with Crippen molar-refractivity contribution in [1.82, 2.24) is 5.48 Å². The Morgan fingerprint density at radius 1 is 1.47 bits per heavy atom. The maximum Gasteiger partial charge on any atom is 0.260 e. The predicted octanol–water partition coefficient (Wildman–Crippen LogP) is 1.00. The summed E-state index contributed by atoms with van der Waals surface area (Å²) in [6.07, 6.45) is 0. The van der Waals surface area contributed by atoms with Crippen molar-refractivity contribution in [2.45, 2.75) is 19.6 Å². The largest absolute Gasteiger partial charge is 0.320 e. The van der Waals surface area contributed by atoms with E-state index in [1.54, 1.807) is 6.92 Å². The summed E-state index contributed by atoms with van der Waals surface area (Å²) in [7, 11) is 0. The fraction of sp³-hybridized carbons (Fsp3) is 0.300. The number of hydroxylamine groups is 1. The van der Waals surface area contributed by atoms with Gasteiger partial charge in [0.2, 0.25) is 0 Å². The van der Waals surface area contributed by atoms with Crippen molar-refractivity contribution in [3.05, 3.63) is 35.9 Å². The van der Waals surface area contributed by atoms with Gasteiger partial charge >= 0.3 is 0 Å². The Morgan fingerprint density at radius 2 is 2.07 bits per heavy atom. The minimum absolute atomic E-state index is 0. The lowest BCUT2D eigenvalue weighted by Gasteiger charge is -2.07. The monoisotopic (exact) mass is 230 g/mol. The Balaban J connectivity index is 0.00000196. The highest BCUT2D eigenvalue weighted by Gasteiger charge is 2.05.